The number of rotatable bonds is 8. The third-order valence-corrected chi connectivity index (χ3v) is 5.06. The molecule has 0 aliphatic heterocycles. The van der Waals surface area contributed by atoms with E-state index in [0.29, 0.717) is 18.9 Å². The zero-order valence-corrected chi connectivity index (χ0v) is 18.3. The first-order valence-corrected chi connectivity index (χ1v) is 10.2. The number of nitrogens with zero attached hydrogens (tertiary/aromatic N) is 2. The molecular weight excluding hydrogens is 434 g/mol. The number of nitrogens with one attached hydrogen (secondary N) is 1. The molecule has 2 aromatic carbocycles. The van der Waals surface area contributed by atoms with Crippen LogP contribution in [-0.4, -0.2) is 43.2 Å². The average molecular weight is 458 g/mol. The van der Waals surface area contributed by atoms with Gasteiger partial charge in [0.2, 0.25) is 0 Å². The zero-order valence-electron chi connectivity index (χ0n) is 16.7. The van der Waals surface area contributed by atoms with Crippen molar-refractivity contribution in [2.75, 3.05) is 27.2 Å². The predicted octanol–water partition coefficient (Wildman–Crippen LogP) is 4.54. The van der Waals surface area contributed by atoms with Gasteiger partial charge >= 0.3 is 0 Å². The van der Waals surface area contributed by atoms with Crippen molar-refractivity contribution in [3.63, 3.8) is 0 Å². The molecule has 1 atom stereocenters. The summed E-state index contributed by atoms with van der Waals surface area (Å²) in [6.07, 6.45) is 0. The Morgan fingerprint density at radius 3 is 2.48 bits per heavy atom. The molecule has 1 amide bonds. The van der Waals surface area contributed by atoms with Gasteiger partial charge < -0.3 is 19.5 Å². The summed E-state index contributed by atoms with van der Waals surface area (Å²) in [4.78, 5) is 14.6. The Labute approximate surface area is 179 Å². The van der Waals surface area contributed by atoms with Crippen molar-refractivity contribution in [3.8, 4) is 17.1 Å². The Bertz CT molecular complexity index is 937. The van der Waals surface area contributed by atoms with Crippen LogP contribution >= 0.6 is 15.9 Å². The summed E-state index contributed by atoms with van der Waals surface area (Å²) in [5.41, 5.74) is 2.21. The summed E-state index contributed by atoms with van der Waals surface area (Å²) < 4.78 is 11.8. The number of aromatic nitrogens is 1. The van der Waals surface area contributed by atoms with E-state index in [0.717, 1.165) is 21.3 Å². The minimum Gasteiger partial charge on any atom is -0.494 e. The molecule has 0 aliphatic carbocycles. The van der Waals surface area contributed by atoms with E-state index in [1.54, 1.807) is 6.07 Å². The van der Waals surface area contributed by atoms with E-state index in [1.807, 2.05) is 69.6 Å². The van der Waals surface area contributed by atoms with Crippen molar-refractivity contribution in [3.05, 3.63) is 70.3 Å². The number of amides is 1. The normalized spacial score (nSPS) is 12.0. The molecule has 0 aliphatic rings. The fourth-order valence-corrected chi connectivity index (χ4v) is 3.23. The summed E-state index contributed by atoms with van der Waals surface area (Å²) in [5, 5.41) is 6.86. The quantitative estimate of drug-likeness (QED) is 0.537. The molecule has 6 nitrogen and oxygen atoms in total. The van der Waals surface area contributed by atoms with E-state index >= 15 is 0 Å². The molecule has 0 bridgehead atoms. The van der Waals surface area contributed by atoms with Gasteiger partial charge in [-0.2, -0.15) is 0 Å². The summed E-state index contributed by atoms with van der Waals surface area (Å²) in [6.45, 7) is 3.03. The van der Waals surface area contributed by atoms with E-state index in [1.165, 1.54) is 0 Å². The molecular formula is C22H24BrN3O3. The third kappa shape index (κ3) is 5.46. The van der Waals surface area contributed by atoms with Gasteiger partial charge in [0, 0.05) is 22.6 Å². The highest BCUT2D eigenvalue weighted by atomic mass is 79.9. The van der Waals surface area contributed by atoms with E-state index < -0.39 is 0 Å². The molecule has 152 valence electrons. The molecule has 29 heavy (non-hydrogen) atoms. The second-order valence-electron chi connectivity index (χ2n) is 6.77. The van der Waals surface area contributed by atoms with Gasteiger partial charge in [-0.3, -0.25) is 4.79 Å². The maximum absolute atomic E-state index is 12.6. The largest absolute Gasteiger partial charge is 0.494 e. The van der Waals surface area contributed by atoms with Crippen LogP contribution in [-0.2, 0) is 0 Å². The third-order valence-electron chi connectivity index (χ3n) is 4.53. The molecule has 1 aromatic heterocycles. The highest BCUT2D eigenvalue weighted by Crippen LogP contribution is 2.23. The zero-order chi connectivity index (χ0) is 20.8. The van der Waals surface area contributed by atoms with Crippen LogP contribution < -0.4 is 10.1 Å². The minimum absolute atomic E-state index is 0.0208. The summed E-state index contributed by atoms with van der Waals surface area (Å²) in [7, 11) is 3.96. The Morgan fingerprint density at radius 2 is 1.86 bits per heavy atom. The molecule has 0 radical (unpaired) electrons. The summed E-state index contributed by atoms with van der Waals surface area (Å²) in [6, 6.07) is 17.2. The van der Waals surface area contributed by atoms with Gasteiger partial charge in [0.05, 0.1) is 12.6 Å². The highest BCUT2D eigenvalue weighted by molar-refractivity contribution is 9.10. The summed E-state index contributed by atoms with van der Waals surface area (Å²) >= 11 is 3.40. The fraction of sp³-hybridized carbons (Fsp3) is 0.273. The van der Waals surface area contributed by atoms with Gasteiger partial charge in [0.15, 0.2) is 11.5 Å². The van der Waals surface area contributed by atoms with Crippen molar-refractivity contribution in [2.24, 2.45) is 0 Å². The van der Waals surface area contributed by atoms with Gasteiger partial charge in [-0.1, -0.05) is 45.4 Å². The minimum atomic E-state index is -0.269. The molecule has 1 N–H and O–H groups in total. The summed E-state index contributed by atoms with van der Waals surface area (Å²) in [5.74, 6) is 1.12. The molecule has 0 unspecified atom stereocenters. The van der Waals surface area contributed by atoms with Crippen LogP contribution in [0.15, 0.2) is 63.6 Å². The average Bonchev–Trinajstić information content (AvgIpc) is 3.20. The van der Waals surface area contributed by atoms with Gasteiger partial charge in [0.25, 0.3) is 5.91 Å². The van der Waals surface area contributed by atoms with Crippen molar-refractivity contribution < 1.29 is 14.1 Å². The lowest BCUT2D eigenvalue weighted by Gasteiger charge is -2.25. The maximum Gasteiger partial charge on any atom is 0.273 e. The van der Waals surface area contributed by atoms with Crippen LogP contribution in [0.5, 0.6) is 5.75 Å². The van der Waals surface area contributed by atoms with E-state index in [-0.39, 0.29) is 17.6 Å². The lowest BCUT2D eigenvalue weighted by Crippen LogP contribution is -2.34. The van der Waals surface area contributed by atoms with E-state index in [2.05, 4.69) is 31.3 Å². The smallest absolute Gasteiger partial charge is 0.273 e. The van der Waals surface area contributed by atoms with Crippen molar-refractivity contribution in [2.45, 2.75) is 13.0 Å². The highest BCUT2D eigenvalue weighted by Gasteiger charge is 2.18. The van der Waals surface area contributed by atoms with Crippen LogP contribution in [0.3, 0.4) is 0 Å². The lowest BCUT2D eigenvalue weighted by molar-refractivity contribution is 0.0933. The molecule has 0 saturated heterocycles. The second-order valence-corrected chi connectivity index (χ2v) is 7.69. The Balaban J connectivity index is 1.65. The van der Waals surface area contributed by atoms with Crippen LogP contribution in [0.1, 0.15) is 29.0 Å². The number of carbonyl (C=O) groups is 1. The first kappa shape index (κ1) is 21.1. The Hall–Kier alpha value is -2.64. The Kier molecular flexibility index (Phi) is 7.06. The van der Waals surface area contributed by atoms with Gasteiger partial charge in [-0.05, 0) is 50.8 Å². The van der Waals surface area contributed by atoms with Crippen molar-refractivity contribution in [1.29, 1.82) is 0 Å². The maximum atomic E-state index is 12.6. The number of carbonyl (C=O) groups excluding carboxylic acids is 1. The standard InChI is InChI=1S/C22H24BrN3O3/c1-4-28-18-11-7-15(8-12-18)20(26(2)3)14-24-22(27)19-13-21(29-25-19)16-5-9-17(23)10-6-16/h5-13,20H,4,14H2,1-3H3,(H,24,27)/t20-/m0/s1. The number of likely N-dealkylation sites (N-methyl/N-ethyl adjacent to an activating group) is 1. The van der Waals surface area contributed by atoms with Crippen molar-refractivity contribution >= 4 is 21.8 Å². The van der Waals surface area contributed by atoms with E-state index in [4.69, 9.17) is 9.26 Å². The molecule has 0 fully saturated rings. The SMILES string of the molecule is CCOc1ccc([C@H](CNC(=O)c2cc(-c3ccc(Br)cc3)on2)N(C)C)cc1. The van der Waals surface area contributed by atoms with Gasteiger partial charge in [-0.15, -0.1) is 0 Å². The number of hydrogen-bond donors (Lipinski definition) is 1. The van der Waals surface area contributed by atoms with Gasteiger partial charge in [0.1, 0.15) is 5.75 Å². The van der Waals surface area contributed by atoms with Crippen molar-refractivity contribution in [1.82, 2.24) is 15.4 Å². The number of hydrogen-bond acceptors (Lipinski definition) is 5. The first-order chi connectivity index (χ1) is 14.0. The number of benzene rings is 2. The predicted molar refractivity (Wildman–Crippen MR) is 116 cm³/mol. The van der Waals surface area contributed by atoms with E-state index in [9.17, 15) is 4.79 Å². The molecule has 0 saturated carbocycles. The first-order valence-electron chi connectivity index (χ1n) is 9.38. The monoisotopic (exact) mass is 457 g/mol. The van der Waals surface area contributed by atoms with Crippen LogP contribution in [0.2, 0.25) is 0 Å². The molecule has 1 heterocycles. The molecule has 3 rings (SSSR count). The van der Waals surface area contributed by atoms with Crippen LogP contribution in [0.25, 0.3) is 11.3 Å². The Morgan fingerprint density at radius 1 is 1.17 bits per heavy atom. The van der Waals surface area contributed by atoms with Crippen LogP contribution in [0, 0.1) is 0 Å². The van der Waals surface area contributed by atoms with Gasteiger partial charge in [-0.25, -0.2) is 0 Å². The molecule has 7 heteroatoms. The topological polar surface area (TPSA) is 67.6 Å². The van der Waals surface area contributed by atoms with Crippen LogP contribution in [0.4, 0.5) is 0 Å². The number of halogens is 1. The second kappa shape index (κ2) is 9.71. The number of ether oxygens (including phenoxy) is 1. The fourth-order valence-electron chi connectivity index (χ4n) is 2.96. The molecule has 3 aromatic rings. The molecule has 0 spiro atoms. The lowest BCUT2D eigenvalue weighted by atomic mass is 10.1.